The average molecular weight is 312 g/mol. The zero-order valence-corrected chi connectivity index (χ0v) is 12.0. The first-order valence-electron chi connectivity index (χ1n) is 6.43. The lowest BCUT2D eigenvalue weighted by molar-refractivity contribution is -0.148. The number of hydrogen-bond acceptors (Lipinski definition) is 4. The summed E-state index contributed by atoms with van der Waals surface area (Å²) < 4.78 is 22.3. The van der Waals surface area contributed by atoms with Crippen molar-refractivity contribution in [3.63, 3.8) is 0 Å². The van der Waals surface area contributed by atoms with Crippen molar-refractivity contribution < 1.29 is 23.1 Å². The normalized spacial score (nSPS) is 18.7. The van der Waals surface area contributed by atoms with Crippen LogP contribution in [-0.2, 0) is 26.0 Å². The molecule has 7 nitrogen and oxygen atoms in total. The van der Waals surface area contributed by atoms with Gasteiger partial charge in [0.05, 0.1) is 11.3 Å². The molecular weight excluding hydrogens is 296 g/mol. The number of carbonyl (C=O) groups excluding carboxylic acids is 1. The molecule has 8 heteroatoms. The molecule has 0 saturated carbocycles. The minimum Gasteiger partial charge on any atom is -0.480 e. The summed E-state index contributed by atoms with van der Waals surface area (Å²) >= 11 is 0. The van der Waals surface area contributed by atoms with E-state index in [9.17, 15) is 18.0 Å². The van der Waals surface area contributed by atoms with Crippen molar-refractivity contribution in [2.45, 2.75) is 30.2 Å². The Hall–Kier alpha value is -1.93. The molecular formula is C13H16N2O5S. The molecule has 1 saturated heterocycles. The fourth-order valence-corrected chi connectivity index (χ4v) is 2.91. The lowest BCUT2D eigenvalue weighted by atomic mass is 10.1. The van der Waals surface area contributed by atoms with Crippen LogP contribution in [-0.4, -0.2) is 42.9 Å². The van der Waals surface area contributed by atoms with Crippen molar-refractivity contribution in [2.75, 3.05) is 6.54 Å². The van der Waals surface area contributed by atoms with Crippen LogP contribution in [0.3, 0.4) is 0 Å². The van der Waals surface area contributed by atoms with Gasteiger partial charge in [-0.05, 0) is 30.5 Å². The highest BCUT2D eigenvalue weighted by Gasteiger charge is 2.33. The molecule has 0 aromatic heterocycles. The Morgan fingerprint density at radius 2 is 1.90 bits per heavy atom. The summed E-state index contributed by atoms with van der Waals surface area (Å²) in [7, 11) is -3.76. The summed E-state index contributed by atoms with van der Waals surface area (Å²) in [5.74, 6) is -1.27. The number of carbonyl (C=O) groups is 2. The monoisotopic (exact) mass is 312 g/mol. The Labute approximate surface area is 122 Å². The standard InChI is InChI=1S/C13H16N2O5S/c14-21(19,20)10-5-3-9(4-6-10)8-12(16)15-7-1-2-11(15)13(17)18/h3-6,11H,1-2,7-8H2,(H,17,18)(H2,14,19,20). The van der Waals surface area contributed by atoms with Crippen molar-refractivity contribution >= 4 is 21.9 Å². The van der Waals surface area contributed by atoms with E-state index in [4.69, 9.17) is 10.2 Å². The van der Waals surface area contributed by atoms with Crippen molar-refractivity contribution in [1.82, 2.24) is 4.90 Å². The zero-order valence-electron chi connectivity index (χ0n) is 11.2. The molecule has 1 unspecified atom stereocenters. The number of carboxylic acid groups (broad SMARTS) is 1. The van der Waals surface area contributed by atoms with Crippen LogP contribution < -0.4 is 5.14 Å². The molecule has 0 bridgehead atoms. The second-order valence-electron chi connectivity index (χ2n) is 4.95. The molecule has 1 fully saturated rings. The lowest BCUT2D eigenvalue weighted by Crippen LogP contribution is -2.41. The number of aliphatic carboxylic acids is 1. The third kappa shape index (κ3) is 3.59. The van der Waals surface area contributed by atoms with Crippen LogP contribution >= 0.6 is 0 Å². The van der Waals surface area contributed by atoms with Gasteiger partial charge in [0, 0.05) is 6.54 Å². The maximum Gasteiger partial charge on any atom is 0.326 e. The molecule has 21 heavy (non-hydrogen) atoms. The molecule has 0 radical (unpaired) electrons. The highest BCUT2D eigenvalue weighted by molar-refractivity contribution is 7.89. The quantitative estimate of drug-likeness (QED) is 0.808. The van der Waals surface area contributed by atoms with Crippen LogP contribution in [0.1, 0.15) is 18.4 Å². The number of carboxylic acids is 1. The lowest BCUT2D eigenvalue weighted by Gasteiger charge is -2.21. The van der Waals surface area contributed by atoms with Crippen LogP contribution in [0.5, 0.6) is 0 Å². The van der Waals surface area contributed by atoms with E-state index in [1.807, 2.05) is 0 Å². The van der Waals surface area contributed by atoms with Crippen LogP contribution in [0.4, 0.5) is 0 Å². The fraction of sp³-hybridized carbons (Fsp3) is 0.385. The largest absolute Gasteiger partial charge is 0.480 e. The maximum absolute atomic E-state index is 12.1. The average Bonchev–Trinajstić information content (AvgIpc) is 2.87. The molecule has 1 atom stereocenters. The van der Waals surface area contributed by atoms with Gasteiger partial charge in [0.15, 0.2) is 0 Å². The highest BCUT2D eigenvalue weighted by atomic mass is 32.2. The number of hydrogen-bond donors (Lipinski definition) is 2. The van der Waals surface area contributed by atoms with Crippen molar-refractivity contribution in [3.8, 4) is 0 Å². The van der Waals surface area contributed by atoms with Crippen LogP contribution in [0.25, 0.3) is 0 Å². The number of primary sulfonamides is 1. The van der Waals surface area contributed by atoms with Crippen LogP contribution in [0, 0.1) is 0 Å². The second-order valence-corrected chi connectivity index (χ2v) is 6.51. The molecule has 1 aromatic rings. The van der Waals surface area contributed by atoms with Gasteiger partial charge in [-0.3, -0.25) is 4.79 Å². The Kier molecular flexibility index (Phi) is 4.29. The van der Waals surface area contributed by atoms with E-state index in [2.05, 4.69) is 0 Å². The Morgan fingerprint density at radius 1 is 1.29 bits per heavy atom. The van der Waals surface area contributed by atoms with Gasteiger partial charge >= 0.3 is 5.97 Å². The second kappa shape index (κ2) is 5.82. The molecule has 2 rings (SSSR count). The first-order chi connectivity index (χ1) is 9.79. The number of benzene rings is 1. The summed E-state index contributed by atoms with van der Waals surface area (Å²) in [5, 5.41) is 14.0. The summed E-state index contributed by atoms with van der Waals surface area (Å²) in [4.78, 5) is 24.5. The van der Waals surface area contributed by atoms with Crippen LogP contribution in [0.15, 0.2) is 29.2 Å². The Balaban J connectivity index is 2.08. The van der Waals surface area contributed by atoms with Gasteiger partial charge in [0.25, 0.3) is 0 Å². The van der Waals surface area contributed by atoms with Gasteiger partial charge in [-0.15, -0.1) is 0 Å². The number of nitrogens with zero attached hydrogens (tertiary/aromatic N) is 1. The SMILES string of the molecule is NS(=O)(=O)c1ccc(CC(=O)N2CCCC2C(=O)O)cc1. The van der Waals surface area contributed by atoms with Gasteiger partial charge < -0.3 is 10.0 Å². The predicted octanol–water partition coefficient (Wildman–Crippen LogP) is -0.0479. The smallest absolute Gasteiger partial charge is 0.326 e. The number of amides is 1. The summed E-state index contributed by atoms with van der Waals surface area (Å²) in [6.07, 6.45) is 1.17. The molecule has 0 aliphatic carbocycles. The molecule has 3 N–H and O–H groups in total. The van der Waals surface area contributed by atoms with Crippen molar-refractivity contribution in [1.29, 1.82) is 0 Å². The van der Waals surface area contributed by atoms with Gasteiger partial charge in [0.2, 0.25) is 15.9 Å². The molecule has 114 valence electrons. The van der Waals surface area contributed by atoms with E-state index in [1.165, 1.54) is 29.2 Å². The van der Waals surface area contributed by atoms with E-state index in [1.54, 1.807) is 0 Å². The van der Waals surface area contributed by atoms with Crippen LogP contribution in [0.2, 0.25) is 0 Å². The predicted molar refractivity (Wildman–Crippen MR) is 73.9 cm³/mol. The molecule has 1 aromatic carbocycles. The molecule has 0 spiro atoms. The van der Waals surface area contributed by atoms with E-state index in [-0.39, 0.29) is 17.2 Å². The first-order valence-corrected chi connectivity index (χ1v) is 7.97. The Bertz CT molecular complexity index is 654. The molecule has 1 heterocycles. The minimum absolute atomic E-state index is 0.0247. The Morgan fingerprint density at radius 3 is 2.43 bits per heavy atom. The van der Waals surface area contributed by atoms with Gasteiger partial charge in [-0.1, -0.05) is 12.1 Å². The number of likely N-dealkylation sites (tertiary alicyclic amines) is 1. The molecule has 1 amide bonds. The topological polar surface area (TPSA) is 118 Å². The van der Waals surface area contributed by atoms with E-state index in [0.717, 1.165) is 0 Å². The van der Waals surface area contributed by atoms with E-state index >= 15 is 0 Å². The number of sulfonamides is 1. The highest BCUT2D eigenvalue weighted by Crippen LogP contribution is 2.19. The molecule has 1 aliphatic heterocycles. The summed E-state index contributed by atoms with van der Waals surface area (Å²) in [6, 6.07) is 4.90. The molecule has 1 aliphatic rings. The van der Waals surface area contributed by atoms with Crippen molar-refractivity contribution in [3.05, 3.63) is 29.8 Å². The van der Waals surface area contributed by atoms with E-state index < -0.39 is 22.0 Å². The van der Waals surface area contributed by atoms with Gasteiger partial charge in [0.1, 0.15) is 6.04 Å². The van der Waals surface area contributed by atoms with E-state index in [0.29, 0.717) is 24.9 Å². The fourth-order valence-electron chi connectivity index (χ4n) is 2.40. The van der Waals surface area contributed by atoms with Gasteiger partial charge in [-0.2, -0.15) is 0 Å². The van der Waals surface area contributed by atoms with Crippen molar-refractivity contribution in [2.24, 2.45) is 5.14 Å². The minimum atomic E-state index is -3.76. The third-order valence-corrected chi connectivity index (χ3v) is 4.39. The maximum atomic E-state index is 12.1. The number of rotatable bonds is 4. The summed E-state index contributed by atoms with van der Waals surface area (Å²) in [5.41, 5.74) is 0.614. The first kappa shape index (κ1) is 15.5. The van der Waals surface area contributed by atoms with Gasteiger partial charge in [-0.25, -0.2) is 18.4 Å². The third-order valence-electron chi connectivity index (χ3n) is 3.47. The summed E-state index contributed by atoms with van der Waals surface area (Å²) in [6.45, 7) is 0.436. The number of nitrogens with two attached hydrogens (primary N) is 1. The zero-order chi connectivity index (χ0) is 15.6.